The zero-order valence-corrected chi connectivity index (χ0v) is 58.9. The van der Waals surface area contributed by atoms with E-state index < -0.39 is 170 Å². The molecule has 0 saturated carbocycles. The summed E-state index contributed by atoms with van der Waals surface area (Å²) in [4.78, 5) is -6.21. The van der Waals surface area contributed by atoms with Gasteiger partial charge in [-0.2, -0.15) is 67.3 Å². The number of rotatable bonds is 31. The molecular weight excluding hydrogens is 1410 g/mol. The molecule has 0 saturated heterocycles. The number of hydrogen-bond donors (Lipinski definition) is 0. The van der Waals surface area contributed by atoms with Gasteiger partial charge in [-0.05, 0) is 152 Å². The molecule has 24 nitrogen and oxygen atoms in total. The monoisotopic (exact) mass is 1470 g/mol. The molecule has 8 rings (SSSR count). The highest BCUT2D eigenvalue weighted by Gasteiger charge is 2.55. The molecule has 8 aromatic carbocycles. The van der Waals surface area contributed by atoms with E-state index in [4.69, 9.17) is 33.5 Å². The first-order chi connectivity index (χ1) is 44.8. The van der Waals surface area contributed by atoms with Gasteiger partial charge in [-0.3, -0.25) is 33.5 Å². The van der Waals surface area contributed by atoms with Gasteiger partial charge in [0.05, 0.1) is 52.4 Å². The molecule has 0 aliphatic heterocycles. The summed E-state index contributed by atoms with van der Waals surface area (Å²) < 4.78 is 288. The van der Waals surface area contributed by atoms with Crippen LogP contribution in [-0.2, 0) is 114 Å². The maximum atomic E-state index is 15.5. The Hall–Kier alpha value is -6.96. The van der Waals surface area contributed by atoms with Crippen molar-refractivity contribution in [3.8, 4) is 0 Å². The van der Waals surface area contributed by atoms with Gasteiger partial charge in [-0.1, -0.05) is 142 Å². The lowest BCUT2D eigenvalue weighted by atomic mass is 9.97. The Bertz CT molecular complexity index is 4680. The van der Waals surface area contributed by atoms with Crippen LogP contribution in [0.5, 0.6) is 0 Å². The summed E-state index contributed by atoms with van der Waals surface area (Å²) in [5, 5.41) is 0. The van der Waals surface area contributed by atoms with Gasteiger partial charge >= 0.3 is 0 Å². The highest BCUT2D eigenvalue weighted by atomic mass is 32.3. The Morgan fingerprint density at radius 2 is 0.333 bits per heavy atom. The van der Waals surface area contributed by atoms with E-state index >= 15 is 33.7 Å². The van der Waals surface area contributed by atoms with E-state index in [1.54, 1.807) is 41.5 Å². The first-order valence-electron chi connectivity index (χ1n) is 28.7. The molecule has 514 valence electrons. The van der Waals surface area contributed by atoms with Crippen molar-refractivity contribution in [2.75, 3.05) is 13.2 Å². The second-order valence-corrected chi connectivity index (χ2v) is 34.9. The molecule has 6 atom stereocenters. The Morgan fingerprint density at radius 3 is 0.500 bits per heavy atom. The summed E-state index contributed by atoms with van der Waals surface area (Å²) in [5.74, 6) is 0. The van der Waals surface area contributed by atoms with Gasteiger partial charge in [-0.15, -0.1) is 0 Å². The first kappa shape index (κ1) is 74.8. The highest BCUT2D eigenvalue weighted by molar-refractivity contribution is 7.88. The van der Waals surface area contributed by atoms with E-state index in [9.17, 15) is 33.7 Å². The van der Waals surface area contributed by atoms with Crippen LogP contribution in [-0.4, -0.2) is 117 Å². The van der Waals surface area contributed by atoms with E-state index in [2.05, 4.69) is 0 Å². The van der Waals surface area contributed by atoms with Crippen molar-refractivity contribution in [1.82, 2.24) is 0 Å². The van der Waals surface area contributed by atoms with Gasteiger partial charge in [0, 0.05) is 0 Å². The van der Waals surface area contributed by atoms with Crippen molar-refractivity contribution >= 4 is 80.9 Å². The molecule has 0 fully saturated rings. The number of hydrogen-bond acceptors (Lipinski definition) is 24. The van der Waals surface area contributed by atoms with Crippen molar-refractivity contribution in [1.29, 1.82) is 0 Å². The molecule has 96 heavy (non-hydrogen) atoms. The van der Waals surface area contributed by atoms with Crippen molar-refractivity contribution in [3.63, 3.8) is 0 Å². The number of benzene rings is 8. The zero-order chi connectivity index (χ0) is 70.4. The Labute approximate surface area is 560 Å². The second-order valence-electron chi connectivity index (χ2n) is 22.2. The second kappa shape index (κ2) is 30.0. The van der Waals surface area contributed by atoms with Crippen molar-refractivity contribution in [2.45, 2.75) is 131 Å². The molecule has 0 bridgehead atoms. The molecule has 8 aromatic rings. The molecule has 0 aromatic heterocycles. The maximum absolute atomic E-state index is 15.5. The standard InChI is InChI=1S/C64H66O24S8/c1-43-9-25-51(26-10-43)89(65,66)81-41-59(83-91(69,70)53-29-13-45(3)14-30-53)61(85-93(73,74)55-33-17-47(5)18-34-55)63(87-95(77,78)57-37-21-49(7)22-38-57)64(88-96(79,80)58-39-23-50(8)24-40-58)62(86-94(75,76)56-35-19-48(6)20-36-56)60(84-92(71,72)54-31-15-46(4)16-32-54)42-82-90(67,68)52-27-11-44(2)12-28-52/h9-40,59-64H,41-42H2,1-8H3. The molecule has 0 heterocycles. The average molecular weight is 1480 g/mol. The fourth-order valence-corrected chi connectivity index (χ4v) is 17.3. The van der Waals surface area contributed by atoms with Crippen LogP contribution in [0.15, 0.2) is 233 Å². The normalized spacial score (nSPS) is 14.9. The van der Waals surface area contributed by atoms with Crippen LogP contribution < -0.4 is 0 Å². The van der Waals surface area contributed by atoms with Gasteiger partial charge in [0.2, 0.25) is 0 Å². The first-order valence-corrected chi connectivity index (χ1v) is 39.9. The van der Waals surface area contributed by atoms with Gasteiger partial charge in [-0.25, -0.2) is 0 Å². The molecule has 0 amide bonds. The molecule has 6 unspecified atom stereocenters. The summed E-state index contributed by atoms with van der Waals surface area (Å²) in [5.41, 5.74) is 3.68. The molecule has 32 heteroatoms. The van der Waals surface area contributed by atoms with Crippen LogP contribution in [0.2, 0.25) is 0 Å². The summed E-state index contributed by atoms with van der Waals surface area (Å²) in [6.07, 6.45) is -20.0. The summed E-state index contributed by atoms with van der Waals surface area (Å²) in [6, 6.07) is 36.0. The quantitative estimate of drug-likeness (QED) is 0.0366. The topological polar surface area (TPSA) is 347 Å². The average Bonchev–Trinajstić information content (AvgIpc) is 0.757. The van der Waals surface area contributed by atoms with E-state index in [0.717, 1.165) is 97.1 Å². The minimum absolute atomic E-state index is 0.410. The molecule has 0 N–H and O–H groups in total. The van der Waals surface area contributed by atoms with E-state index in [-0.39, 0.29) is 0 Å². The third-order valence-electron chi connectivity index (χ3n) is 14.4. The third kappa shape index (κ3) is 19.2. The summed E-state index contributed by atoms with van der Waals surface area (Å²) in [6.45, 7) is 8.84. The highest BCUT2D eigenvalue weighted by Crippen LogP contribution is 2.37. The lowest BCUT2D eigenvalue weighted by molar-refractivity contribution is -0.115. The van der Waals surface area contributed by atoms with Gasteiger partial charge in [0.15, 0.2) is 0 Å². The number of aryl methyl sites for hydroxylation is 8. The molecule has 0 aliphatic carbocycles. The molecule has 0 aliphatic rings. The van der Waals surface area contributed by atoms with Gasteiger partial charge in [0.1, 0.15) is 36.6 Å². The minimum Gasteiger partial charge on any atom is -0.263 e. The van der Waals surface area contributed by atoms with Crippen LogP contribution >= 0.6 is 0 Å². The largest absolute Gasteiger partial charge is 0.297 e. The zero-order valence-electron chi connectivity index (χ0n) is 52.4. The fourth-order valence-electron chi connectivity index (χ4n) is 8.94. The third-order valence-corrected chi connectivity index (χ3v) is 25.0. The van der Waals surface area contributed by atoms with Crippen LogP contribution in [0.1, 0.15) is 44.5 Å². The Balaban J connectivity index is 1.54. The van der Waals surface area contributed by atoms with Gasteiger partial charge < -0.3 is 0 Å². The van der Waals surface area contributed by atoms with E-state index in [1.807, 2.05) is 0 Å². The maximum Gasteiger partial charge on any atom is 0.297 e. The van der Waals surface area contributed by atoms with Crippen molar-refractivity contribution < 1.29 is 101 Å². The van der Waals surface area contributed by atoms with Crippen LogP contribution in [0.3, 0.4) is 0 Å². The lowest BCUT2D eigenvalue weighted by Crippen LogP contribution is -2.60. The summed E-state index contributed by atoms with van der Waals surface area (Å²) >= 11 is 0. The molecule has 0 spiro atoms. The predicted octanol–water partition coefficient (Wildman–Crippen LogP) is 8.91. The Morgan fingerprint density at radius 1 is 0.198 bits per heavy atom. The SMILES string of the molecule is Cc1ccc(S(=O)(=O)OCC(OS(=O)(=O)c2ccc(C)cc2)C(OS(=O)(=O)c2ccc(C)cc2)C(OS(=O)(=O)c2ccc(C)cc2)C(OS(=O)(=O)c2ccc(C)cc2)C(OS(=O)(=O)c2ccc(C)cc2)C(COS(=O)(=O)c2ccc(C)cc2)OS(=O)(=O)c2ccc(C)cc2)cc1. The smallest absolute Gasteiger partial charge is 0.263 e. The van der Waals surface area contributed by atoms with Crippen molar-refractivity contribution in [2.24, 2.45) is 0 Å². The molecular formula is C64H66O24S8. The van der Waals surface area contributed by atoms with E-state index in [0.29, 0.717) is 44.5 Å². The van der Waals surface area contributed by atoms with E-state index in [1.165, 1.54) is 111 Å². The van der Waals surface area contributed by atoms with Crippen LogP contribution in [0.25, 0.3) is 0 Å². The predicted molar refractivity (Wildman–Crippen MR) is 348 cm³/mol. The molecule has 0 radical (unpaired) electrons. The minimum atomic E-state index is -5.86. The van der Waals surface area contributed by atoms with Gasteiger partial charge in [0.25, 0.3) is 80.9 Å². The van der Waals surface area contributed by atoms with Crippen LogP contribution in [0.4, 0.5) is 0 Å². The van der Waals surface area contributed by atoms with Crippen LogP contribution in [0, 0.1) is 55.4 Å². The fraction of sp³-hybridized carbons (Fsp3) is 0.250. The Kier molecular flexibility index (Phi) is 23.4. The van der Waals surface area contributed by atoms with Crippen molar-refractivity contribution in [3.05, 3.63) is 239 Å². The summed E-state index contributed by atoms with van der Waals surface area (Å²) in [7, 11) is -44.9. The lowest BCUT2D eigenvalue weighted by Gasteiger charge is -2.39.